The molecule has 0 saturated heterocycles. The molecule has 1 aliphatic rings. The molecule has 0 saturated carbocycles. The average Bonchev–Trinajstić information content (AvgIpc) is 3.16. The molecule has 1 atom stereocenters. The van der Waals surface area contributed by atoms with Crippen molar-refractivity contribution in [3.05, 3.63) is 83.4 Å². The fourth-order valence-corrected chi connectivity index (χ4v) is 4.41. The number of amides is 1. The number of fused-ring (bicyclic) bond motifs is 3. The second-order valence-electron chi connectivity index (χ2n) is 8.44. The Morgan fingerprint density at radius 3 is 2.12 bits per heavy atom. The first kappa shape index (κ1) is 23.2. The van der Waals surface area contributed by atoms with E-state index in [-0.39, 0.29) is 18.9 Å². The van der Waals surface area contributed by atoms with Crippen LogP contribution < -0.4 is 14.8 Å². The molecule has 3 aromatic rings. The Balaban J connectivity index is 1.49. The fraction of sp³-hybridized carbons (Fsp3) is 0.259. The van der Waals surface area contributed by atoms with Crippen LogP contribution in [-0.4, -0.2) is 43.5 Å². The Morgan fingerprint density at radius 2 is 1.56 bits per heavy atom. The quantitative estimate of drug-likeness (QED) is 0.508. The molecule has 1 unspecified atom stereocenters. The normalized spacial score (nSPS) is 13.9. The maximum absolute atomic E-state index is 12.7. The van der Waals surface area contributed by atoms with E-state index in [4.69, 9.17) is 14.2 Å². The molecule has 0 fully saturated rings. The van der Waals surface area contributed by atoms with Crippen LogP contribution in [0.2, 0.25) is 0 Å². The first-order chi connectivity index (χ1) is 16.4. The molecule has 1 aliphatic carbocycles. The highest BCUT2D eigenvalue weighted by Gasteiger charge is 2.37. The van der Waals surface area contributed by atoms with Crippen LogP contribution in [0.5, 0.6) is 11.5 Å². The highest BCUT2D eigenvalue weighted by atomic mass is 16.5. The molecule has 34 heavy (non-hydrogen) atoms. The van der Waals surface area contributed by atoms with Gasteiger partial charge in [-0.15, -0.1) is 0 Å². The summed E-state index contributed by atoms with van der Waals surface area (Å²) in [5, 5.41) is 12.5. The third-order valence-electron chi connectivity index (χ3n) is 6.23. The van der Waals surface area contributed by atoms with Gasteiger partial charge in [0.2, 0.25) is 0 Å². The summed E-state index contributed by atoms with van der Waals surface area (Å²) >= 11 is 0. The molecular formula is C27H27NO6. The number of ether oxygens (including phenoxy) is 3. The van der Waals surface area contributed by atoms with Crippen molar-refractivity contribution >= 4 is 12.1 Å². The minimum atomic E-state index is -1.61. The van der Waals surface area contributed by atoms with Gasteiger partial charge in [-0.2, -0.15) is 0 Å². The number of hydrogen-bond donors (Lipinski definition) is 2. The number of rotatable bonds is 8. The lowest BCUT2D eigenvalue weighted by molar-refractivity contribution is -0.143. The third kappa shape index (κ3) is 4.41. The topological polar surface area (TPSA) is 94.1 Å². The van der Waals surface area contributed by atoms with E-state index >= 15 is 0 Å². The monoisotopic (exact) mass is 461 g/mol. The minimum absolute atomic E-state index is 0.000301. The summed E-state index contributed by atoms with van der Waals surface area (Å²) in [5.41, 5.74) is 3.42. The summed E-state index contributed by atoms with van der Waals surface area (Å²) in [4.78, 5) is 24.9. The smallest absolute Gasteiger partial charge is 0.408 e. The van der Waals surface area contributed by atoms with Gasteiger partial charge in [0, 0.05) is 18.4 Å². The molecule has 4 rings (SSSR count). The molecule has 0 aromatic heterocycles. The van der Waals surface area contributed by atoms with Crippen LogP contribution in [0.25, 0.3) is 11.1 Å². The molecular weight excluding hydrogens is 434 g/mol. The van der Waals surface area contributed by atoms with Crippen molar-refractivity contribution in [3.63, 3.8) is 0 Å². The van der Waals surface area contributed by atoms with Gasteiger partial charge in [-0.05, 0) is 40.8 Å². The lowest BCUT2D eigenvalue weighted by atomic mass is 9.92. The van der Waals surface area contributed by atoms with E-state index in [0.717, 1.165) is 22.3 Å². The third-order valence-corrected chi connectivity index (χ3v) is 6.23. The first-order valence-corrected chi connectivity index (χ1v) is 10.9. The number of alkyl carbamates (subject to hydrolysis) is 1. The second kappa shape index (κ2) is 9.47. The number of carboxylic acids is 1. The molecule has 176 valence electrons. The Bertz CT molecular complexity index is 1180. The van der Waals surface area contributed by atoms with Crippen molar-refractivity contribution in [2.24, 2.45) is 0 Å². The fourth-order valence-electron chi connectivity index (χ4n) is 4.41. The number of aliphatic carboxylic acids is 1. The summed E-state index contributed by atoms with van der Waals surface area (Å²) in [5.74, 6) is -0.238. The SMILES string of the molecule is COc1ccc(CC(C)(NC(=O)OCC2c3ccccc3-c3ccccc32)C(=O)O)c(OC)c1. The van der Waals surface area contributed by atoms with Crippen LogP contribution in [0.3, 0.4) is 0 Å². The van der Waals surface area contributed by atoms with E-state index in [0.29, 0.717) is 17.1 Å². The van der Waals surface area contributed by atoms with Gasteiger partial charge in [0.05, 0.1) is 14.2 Å². The van der Waals surface area contributed by atoms with Gasteiger partial charge in [-0.3, -0.25) is 0 Å². The summed E-state index contributed by atoms with van der Waals surface area (Å²) < 4.78 is 16.1. The zero-order valence-corrected chi connectivity index (χ0v) is 19.3. The van der Waals surface area contributed by atoms with Gasteiger partial charge in [0.1, 0.15) is 23.6 Å². The summed E-state index contributed by atoms with van der Waals surface area (Å²) in [6.07, 6.45) is -0.793. The van der Waals surface area contributed by atoms with Crippen LogP contribution in [0, 0.1) is 0 Å². The molecule has 0 heterocycles. The Morgan fingerprint density at radius 1 is 0.941 bits per heavy atom. The number of carbonyl (C=O) groups excluding carboxylic acids is 1. The highest BCUT2D eigenvalue weighted by molar-refractivity contribution is 5.84. The van der Waals surface area contributed by atoms with E-state index in [1.54, 1.807) is 18.2 Å². The molecule has 7 heteroatoms. The maximum Gasteiger partial charge on any atom is 0.408 e. The Labute approximate surface area is 198 Å². The predicted octanol–water partition coefficient (Wildman–Crippen LogP) is 4.63. The molecule has 0 spiro atoms. The predicted molar refractivity (Wildman–Crippen MR) is 127 cm³/mol. The molecule has 1 amide bonds. The average molecular weight is 462 g/mol. The van der Waals surface area contributed by atoms with Crippen molar-refractivity contribution in [2.45, 2.75) is 24.8 Å². The lowest BCUT2D eigenvalue weighted by Crippen LogP contribution is -2.54. The van der Waals surface area contributed by atoms with Gasteiger partial charge < -0.3 is 24.6 Å². The molecule has 0 bridgehead atoms. The van der Waals surface area contributed by atoms with E-state index in [9.17, 15) is 14.7 Å². The van der Waals surface area contributed by atoms with Crippen LogP contribution in [-0.2, 0) is 16.0 Å². The molecule has 0 aliphatic heterocycles. The second-order valence-corrected chi connectivity index (χ2v) is 8.44. The number of methoxy groups -OCH3 is 2. The van der Waals surface area contributed by atoms with E-state index in [2.05, 4.69) is 17.4 Å². The van der Waals surface area contributed by atoms with Crippen LogP contribution in [0.15, 0.2) is 66.7 Å². The van der Waals surface area contributed by atoms with Gasteiger partial charge in [-0.25, -0.2) is 9.59 Å². The summed E-state index contributed by atoms with van der Waals surface area (Å²) in [6.45, 7) is 1.54. The largest absolute Gasteiger partial charge is 0.497 e. The zero-order valence-electron chi connectivity index (χ0n) is 19.3. The number of hydrogen-bond acceptors (Lipinski definition) is 5. The Hall–Kier alpha value is -4.00. The van der Waals surface area contributed by atoms with Crippen molar-refractivity contribution in [1.82, 2.24) is 5.32 Å². The van der Waals surface area contributed by atoms with Gasteiger partial charge in [0.25, 0.3) is 0 Å². The van der Waals surface area contributed by atoms with Gasteiger partial charge in [-0.1, -0.05) is 54.6 Å². The van der Waals surface area contributed by atoms with Gasteiger partial charge >= 0.3 is 12.1 Å². The molecule has 3 aromatic carbocycles. The van der Waals surface area contributed by atoms with Crippen LogP contribution >= 0.6 is 0 Å². The maximum atomic E-state index is 12.7. The molecule has 2 N–H and O–H groups in total. The van der Waals surface area contributed by atoms with Crippen molar-refractivity contribution < 1.29 is 28.9 Å². The van der Waals surface area contributed by atoms with Crippen LogP contribution in [0.1, 0.15) is 29.5 Å². The van der Waals surface area contributed by atoms with E-state index < -0.39 is 17.6 Å². The number of carboxylic acid groups (broad SMARTS) is 1. The molecule has 7 nitrogen and oxygen atoms in total. The van der Waals surface area contributed by atoms with Crippen molar-refractivity contribution in [1.29, 1.82) is 0 Å². The zero-order chi connectivity index (χ0) is 24.3. The molecule has 0 radical (unpaired) electrons. The van der Waals surface area contributed by atoms with Gasteiger partial charge in [0.15, 0.2) is 0 Å². The minimum Gasteiger partial charge on any atom is -0.497 e. The number of nitrogens with one attached hydrogen (secondary N) is 1. The van der Waals surface area contributed by atoms with E-state index in [1.165, 1.54) is 21.1 Å². The number of benzene rings is 3. The summed E-state index contributed by atoms with van der Waals surface area (Å²) in [7, 11) is 3.03. The van der Waals surface area contributed by atoms with Crippen molar-refractivity contribution in [2.75, 3.05) is 20.8 Å². The summed E-state index contributed by atoms with van der Waals surface area (Å²) in [6, 6.07) is 21.2. The Kier molecular flexibility index (Phi) is 6.45. The standard InChI is InChI=1S/C27H27NO6/c1-27(25(29)30,15-17-12-13-18(32-2)14-24(17)33-3)28-26(31)34-16-23-21-10-6-4-8-19(21)20-9-5-7-11-22(20)23/h4-14,23H,15-16H2,1-3H3,(H,28,31)(H,29,30). The highest BCUT2D eigenvalue weighted by Crippen LogP contribution is 2.44. The number of carbonyl (C=O) groups is 2. The first-order valence-electron chi connectivity index (χ1n) is 10.9. The van der Waals surface area contributed by atoms with E-state index in [1.807, 2.05) is 36.4 Å². The lowest BCUT2D eigenvalue weighted by Gasteiger charge is -2.27. The van der Waals surface area contributed by atoms with Crippen LogP contribution in [0.4, 0.5) is 4.79 Å². The van der Waals surface area contributed by atoms with Crippen molar-refractivity contribution in [3.8, 4) is 22.6 Å².